The summed E-state index contributed by atoms with van der Waals surface area (Å²) >= 11 is 0. The van der Waals surface area contributed by atoms with Crippen LogP contribution in [0.3, 0.4) is 0 Å². The summed E-state index contributed by atoms with van der Waals surface area (Å²) in [5.41, 5.74) is -0.917. The number of carbonyl (C=O) groups excluding carboxylic acids is 1. The minimum absolute atomic E-state index is 0.326. The lowest BCUT2D eigenvalue weighted by molar-refractivity contribution is -0.145. The second kappa shape index (κ2) is 6.48. The van der Waals surface area contributed by atoms with E-state index in [1.54, 1.807) is 0 Å². The molecule has 0 saturated carbocycles. The molecule has 0 aromatic rings. The fourth-order valence-corrected chi connectivity index (χ4v) is 1.85. The van der Waals surface area contributed by atoms with Gasteiger partial charge in [-0.15, -0.1) is 0 Å². The number of amides is 1. The van der Waals surface area contributed by atoms with Crippen molar-refractivity contribution in [3.63, 3.8) is 0 Å². The second-order valence-electron chi connectivity index (χ2n) is 4.22. The molecule has 7 heteroatoms. The number of carboxylic acid groups (broad SMARTS) is 1. The van der Waals surface area contributed by atoms with E-state index in [1.807, 2.05) is 0 Å². The molecule has 1 saturated heterocycles. The van der Waals surface area contributed by atoms with Gasteiger partial charge in [0, 0.05) is 30.9 Å². The molecule has 1 rings (SSSR count). The molecule has 7 nitrogen and oxygen atoms in total. The summed E-state index contributed by atoms with van der Waals surface area (Å²) in [6.45, 7) is 0.416. The minimum Gasteiger partial charge on any atom is -0.478 e. The predicted molar refractivity (Wildman–Crippen MR) is 60.5 cm³/mol. The summed E-state index contributed by atoms with van der Waals surface area (Å²) in [5.74, 6) is -1.93. The van der Waals surface area contributed by atoms with Gasteiger partial charge >= 0.3 is 5.97 Å². The third-order valence-electron chi connectivity index (χ3n) is 3.08. The highest BCUT2D eigenvalue weighted by Gasteiger charge is 2.42. The molecule has 1 amide bonds. The van der Waals surface area contributed by atoms with E-state index in [0.717, 1.165) is 12.3 Å². The Morgan fingerprint density at radius 3 is 2.50 bits per heavy atom. The summed E-state index contributed by atoms with van der Waals surface area (Å²) in [5, 5.41) is 29.8. The van der Waals surface area contributed by atoms with E-state index in [0.29, 0.717) is 26.1 Å². The van der Waals surface area contributed by atoms with Crippen LogP contribution in [0.2, 0.25) is 0 Å². The summed E-state index contributed by atoms with van der Waals surface area (Å²) in [4.78, 5) is 21.8. The van der Waals surface area contributed by atoms with Gasteiger partial charge in [-0.3, -0.25) is 4.79 Å². The lowest BCUT2D eigenvalue weighted by Gasteiger charge is -2.38. The number of hydrogen-bond donors (Lipinski definition) is 4. The van der Waals surface area contributed by atoms with Crippen molar-refractivity contribution >= 4 is 11.9 Å². The Balaban J connectivity index is 2.62. The van der Waals surface area contributed by atoms with Crippen molar-refractivity contribution in [1.82, 2.24) is 5.32 Å². The van der Waals surface area contributed by atoms with Crippen molar-refractivity contribution in [1.29, 1.82) is 0 Å². The molecule has 18 heavy (non-hydrogen) atoms. The topological polar surface area (TPSA) is 116 Å². The normalized spacial score (nSPS) is 20.6. The first-order valence-electron chi connectivity index (χ1n) is 5.58. The predicted octanol–water partition coefficient (Wildman–Crippen LogP) is -1.15. The largest absolute Gasteiger partial charge is 0.478 e. The van der Waals surface area contributed by atoms with Crippen molar-refractivity contribution in [3.8, 4) is 0 Å². The van der Waals surface area contributed by atoms with Gasteiger partial charge < -0.3 is 25.4 Å². The van der Waals surface area contributed by atoms with E-state index >= 15 is 0 Å². The van der Waals surface area contributed by atoms with Crippen molar-refractivity contribution in [2.75, 3.05) is 19.8 Å². The zero-order chi connectivity index (χ0) is 13.6. The number of nitrogens with one attached hydrogen (secondary N) is 1. The maximum Gasteiger partial charge on any atom is 0.329 e. The SMILES string of the molecule is O=C(O)C=CNC(=O)[C@H](O)C1(CO)CCOCC1. The van der Waals surface area contributed by atoms with E-state index in [2.05, 4.69) is 5.32 Å². The Hall–Kier alpha value is -1.44. The molecule has 0 unspecified atom stereocenters. The van der Waals surface area contributed by atoms with Crippen LogP contribution in [0.25, 0.3) is 0 Å². The highest BCUT2D eigenvalue weighted by Crippen LogP contribution is 2.33. The maximum absolute atomic E-state index is 11.6. The zero-order valence-corrected chi connectivity index (χ0v) is 9.83. The third kappa shape index (κ3) is 3.52. The standard InChI is InChI=1S/C11H17NO6/c13-7-11(2-5-18-6-3-11)9(16)10(17)12-4-1-8(14)15/h1,4,9,13,16H,2-3,5-7H2,(H,12,17)(H,14,15)/t9-/m0/s1. The van der Waals surface area contributed by atoms with E-state index in [-0.39, 0.29) is 6.61 Å². The van der Waals surface area contributed by atoms with Crippen LogP contribution in [0.15, 0.2) is 12.3 Å². The van der Waals surface area contributed by atoms with Crippen LogP contribution < -0.4 is 5.32 Å². The van der Waals surface area contributed by atoms with Gasteiger partial charge in [0.05, 0.1) is 6.61 Å². The Bertz CT molecular complexity index is 334. The van der Waals surface area contributed by atoms with E-state index in [9.17, 15) is 19.8 Å². The Kier molecular flexibility index (Phi) is 5.26. The molecule has 1 aliphatic heterocycles. The Morgan fingerprint density at radius 2 is 2.00 bits per heavy atom. The number of rotatable bonds is 5. The minimum atomic E-state index is -1.40. The van der Waals surface area contributed by atoms with Gasteiger partial charge in [-0.1, -0.05) is 0 Å². The third-order valence-corrected chi connectivity index (χ3v) is 3.08. The average molecular weight is 259 g/mol. The Morgan fingerprint density at radius 1 is 1.39 bits per heavy atom. The van der Waals surface area contributed by atoms with Crippen LogP contribution in [0, 0.1) is 5.41 Å². The lowest BCUT2D eigenvalue weighted by atomic mass is 9.75. The molecule has 0 aliphatic carbocycles. The molecule has 0 aromatic carbocycles. The van der Waals surface area contributed by atoms with Crippen LogP contribution in [-0.4, -0.2) is 53.1 Å². The number of carboxylic acids is 1. The Labute approximate surface area is 104 Å². The number of aliphatic hydroxyl groups excluding tert-OH is 2. The molecule has 1 aliphatic rings. The van der Waals surface area contributed by atoms with Crippen LogP contribution >= 0.6 is 0 Å². The van der Waals surface area contributed by atoms with Crippen molar-refractivity contribution in [2.45, 2.75) is 18.9 Å². The number of carbonyl (C=O) groups is 2. The van der Waals surface area contributed by atoms with Crippen molar-refractivity contribution < 1.29 is 29.6 Å². The van der Waals surface area contributed by atoms with Gasteiger partial charge in [0.2, 0.25) is 0 Å². The summed E-state index contributed by atoms with van der Waals surface area (Å²) in [7, 11) is 0. The molecule has 1 fully saturated rings. The second-order valence-corrected chi connectivity index (χ2v) is 4.22. The molecule has 0 aromatic heterocycles. The van der Waals surface area contributed by atoms with Gasteiger partial charge in [-0.2, -0.15) is 0 Å². The van der Waals surface area contributed by atoms with Gasteiger partial charge in [0.25, 0.3) is 5.91 Å². The van der Waals surface area contributed by atoms with Gasteiger partial charge in [-0.05, 0) is 12.8 Å². The fraction of sp³-hybridized carbons (Fsp3) is 0.636. The summed E-state index contributed by atoms with van der Waals surface area (Å²) < 4.78 is 5.12. The summed E-state index contributed by atoms with van der Waals surface area (Å²) in [6.07, 6.45) is 1.05. The highest BCUT2D eigenvalue weighted by molar-refractivity contribution is 5.84. The fourth-order valence-electron chi connectivity index (χ4n) is 1.85. The molecule has 0 spiro atoms. The molecular formula is C11H17NO6. The highest BCUT2D eigenvalue weighted by atomic mass is 16.5. The van der Waals surface area contributed by atoms with Gasteiger partial charge in [-0.25, -0.2) is 4.79 Å². The van der Waals surface area contributed by atoms with Crippen LogP contribution in [0.4, 0.5) is 0 Å². The first-order chi connectivity index (χ1) is 8.52. The van der Waals surface area contributed by atoms with Gasteiger partial charge in [0.1, 0.15) is 6.10 Å². The smallest absolute Gasteiger partial charge is 0.329 e. The van der Waals surface area contributed by atoms with Crippen LogP contribution in [0.5, 0.6) is 0 Å². The number of aliphatic hydroxyl groups is 2. The quantitative estimate of drug-likeness (QED) is 0.463. The molecule has 1 heterocycles. The van der Waals surface area contributed by atoms with Crippen LogP contribution in [0.1, 0.15) is 12.8 Å². The molecule has 102 valence electrons. The number of ether oxygens (including phenoxy) is 1. The first-order valence-corrected chi connectivity index (χ1v) is 5.58. The number of aliphatic carboxylic acids is 1. The molecule has 1 atom stereocenters. The molecule has 0 bridgehead atoms. The van der Waals surface area contributed by atoms with Crippen molar-refractivity contribution in [3.05, 3.63) is 12.3 Å². The van der Waals surface area contributed by atoms with Crippen LogP contribution in [-0.2, 0) is 14.3 Å². The molecule has 4 N–H and O–H groups in total. The molecular weight excluding hydrogens is 242 g/mol. The van der Waals surface area contributed by atoms with E-state index in [1.165, 1.54) is 0 Å². The molecule has 0 radical (unpaired) electrons. The average Bonchev–Trinajstić information content (AvgIpc) is 2.38. The number of hydrogen-bond acceptors (Lipinski definition) is 5. The zero-order valence-electron chi connectivity index (χ0n) is 9.83. The maximum atomic E-state index is 11.6. The lowest BCUT2D eigenvalue weighted by Crippen LogP contribution is -2.50. The summed E-state index contributed by atoms with van der Waals surface area (Å²) in [6, 6.07) is 0. The van der Waals surface area contributed by atoms with E-state index < -0.39 is 23.4 Å². The van der Waals surface area contributed by atoms with Crippen molar-refractivity contribution in [2.24, 2.45) is 5.41 Å². The first kappa shape index (κ1) is 14.6. The van der Waals surface area contributed by atoms with Gasteiger partial charge in [0.15, 0.2) is 0 Å². The monoisotopic (exact) mass is 259 g/mol. The van der Waals surface area contributed by atoms with E-state index in [4.69, 9.17) is 9.84 Å².